The number of allylic oxidation sites excluding steroid dienone is 5. The molecule has 2 aliphatic rings. The summed E-state index contributed by atoms with van der Waals surface area (Å²) in [6.45, 7) is 12.4. The summed E-state index contributed by atoms with van der Waals surface area (Å²) >= 11 is 1.75. The highest BCUT2D eigenvalue weighted by Crippen LogP contribution is 2.18. The average Bonchev–Trinajstić information content (AvgIpc) is 3.32. The van der Waals surface area contributed by atoms with E-state index in [4.69, 9.17) is 0 Å². The molecule has 0 radical (unpaired) electrons. The number of likely N-dealkylation sites (tertiary alicyclic amines) is 1. The number of thioether (sulfide) groups is 1. The normalized spacial score (nSPS) is 18.1. The molecule has 0 unspecified atom stereocenters. The highest BCUT2D eigenvalue weighted by atomic mass is 32.2. The number of unbranched alkanes of at least 4 members (excludes halogenated alkanes) is 2. The first-order valence-corrected chi connectivity index (χ1v) is 17.8. The van der Waals surface area contributed by atoms with E-state index in [-0.39, 0.29) is 17.9 Å². The van der Waals surface area contributed by atoms with Gasteiger partial charge < -0.3 is 15.5 Å². The number of carbonyl (C=O) groups is 2. The van der Waals surface area contributed by atoms with Crippen LogP contribution in [-0.4, -0.2) is 59.9 Å². The zero-order valence-electron chi connectivity index (χ0n) is 26.9. The molecule has 1 saturated heterocycles. The number of amides is 2. The number of hydrogen-bond acceptors (Lipinski definition) is 4. The quantitative estimate of drug-likeness (QED) is 0.0910. The molecule has 0 aromatic heterocycles. The lowest BCUT2D eigenvalue weighted by Crippen LogP contribution is -2.50. The first-order valence-electron chi connectivity index (χ1n) is 16.7. The van der Waals surface area contributed by atoms with Crippen LogP contribution in [0.25, 0.3) is 0 Å². The predicted octanol–water partition coefficient (Wildman–Crippen LogP) is 8.12. The summed E-state index contributed by atoms with van der Waals surface area (Å²) in [5, 5.41) is 6.38. The lowest BCUT2D eigenvalue weighted by atomic mass is 10.1. The maximum atomic E-state index is 13.3. The third-order valence-corrected chi connectivity index (χ3v) is 9.36. The molecule has 0 bridgehead atoms. The zero-order valence-corrected chi connectivity index (χ0v) is 27.7. The van der Waals surface area contributed by atoms with E-state index in [1.807, 2.05) is 0 Å². The molecule has 2 fully saturated rings. The van der Waals surface area contributed by atoms with Crippen molar-refractivity contribution in [2.45, 2.75) is 143 Å². The highest BCUT2D eigenvalue weighted by Gasteiger charge is 2.24. The van der Waals surface area contributed by atoms with Gasteiger partial charge in [-0.25, -0.2) is 0 Å². The zero-order chi connectivity index (χ0) is 29.7. The topological polar surface area (TPSA) is 61.4 Å². The molecule has 0 spiro atoms. The van der Waals surface area contributed by atoms with Crippen molar-refractivity contribution < 1.29 is 9.59 Å². The van der Waals surface area contributed by atoms with Crippen LogP contribution in [-0.2, 0) is 9.59 Å². The van der Waals surface area contributed by atoms with E-state index in [0.29, 0.717) is 12.2 Å². The maximum Gasteiger partial charge on any atom is 0.243 e. The van der Waals surface area contributed by atoms with Gasteiger partial charge in [0.2, 0.25) is 11.8 Å². The first kappa shape index (κ1) is 35.7. The summed E-state index contributed by atoms with van der Waals surface area (Å²) in [5.74, 6) is 1.51. The Labute approximate surface area is 256 Å². The monoisotopic (exact) mass is 587 g/mol. The van der Waals surface area contributed by atoms with Crippen LogP contribution in [0, 0.1) is 0 Å². The Kier molecular flexibility index (Phi) is 19.2. The molecule has 1 aliphatic carbocycles. The SMILES string of the molecule is CC(C)=CCC/C(C)=C/CC/C(C)=C/CSC[C@H](NC(=O)CCCCCN1CCCC1)C(=O)NC1CCCCCC1. The van der Waals surface area contributed by atoms with Gasteiger partial charge in [0.1, 0.15) is 6.04 Å². The Morgan fingerprint density at radius 2 is 1.46 bits per heavy atom. The molecule has 2 N–H and O–H groups in total. The second-order valence-corrected chi connectivity index (χ2v) is 13.7. The van der Waals surface area contributed by atoms with E-state index in [1.54, 1.807) is 11.8 Å². The molecule has 41 heavy (non-hydrogen) atoms. The van der Waals surface area contributed by atoms with Gasteiger partial charge >= 0.3 is 0 Å². The maximum absolute atomic E-state index is 13.3. The Morgan fingerprint density at radius 1 is 0.805 bits per heavy atom. The fraction of sp³-hybridized carbons (Fsp3) is 0.771. The molecule has 6 heteroatoms. The van der Waals surface area contributed by atoms with E-state index >= 15 is 0 Å². The molecular formula is C35H61N3O2S. The number of rotatable bonds is 19. The van der Waals surface area contributed by atoms with Crippen LogP contribution in [0.2, 0.25) is 0 Å². The minimum absolute atomic E-state index is 0.00112. The van der Waals surface area contributed by atoms with Crippen LogP contribution in [0.15, 0.2) is 34.9 Å². The molecular weight excluding hydrogens is 526 g/mol. The van der Waals surface area contributed by atoms with Crippen molar-refractivity contribution in [3.63, 3.8) is 0 Å². The van der Waals surface area contributed by atoms with E-state index < -0.39 is 6.04 Å². The van der Waals surface area contributed by atoms with Crippen LogP contribution >= 0.6 is 11.8 Å². The smallest absolute Gasteiger partial charge is 0.243 e. The van der Waals surface area contributed by atoms with Crippen LogP contribution in [0.3, 0.4) is 0 Å². The van der Waals surface area contributed by atoms with Crippen LogP contribution < -0.4 is 10.6 Å². The van der Waals surface area contributed by atoms with Gasteiger partial charge in [0.05, 0.1) is 0 Å². The molecule has 2 rings (SSSR count). The van der Waals surface area contributed by atoms with Crippen LogP contribution in [0.1, 0.15) is 130 Å². The van der Waals surface area contributed by atoms with Gasteiger partial charge in [0, 0.05) is 24.0 Å². The van der Waals surface area contributed by atoms with Gasteiger partial charge in [-0.3, -0.25) is 9.59 Å². The minimum Gasteiger partial charge on any atom is -0.352 e. The molecule has 1 saturated carbocycles. The molecule has 1 atom stereocenters. The van der Waals surface area contributed by atoms with Crippen molar-refractivity contribution in [1.82, 2.24) is 15.5 Å². The van der Waals surface area contributed by atoms with Gasteiger partial charge in [0.25, 0.3) is 0 Å². The lowest BCUT2D eigenvalue weighted by molar-refractivity contribution is -0.129. The predicted molar refractivity (Wildman–Crippen MR) is 178 cm³/mol. The second kappa shape index (κ2) is 22.1. The Morgan fingerprint density at radius 3 is 2.15 bits per heavy atom. The lowest BCUT2D eigenvalue weighted by Gasteiger charge is -2.22. The van der Waals surface area contributed by atoms with Crippen molar-refractivity contribution in [3.8, 4) is 0 Å². The van der Waals surface area contributed by atoms with Crippen molar-refractivity contribution in [2.24, 2.45) is 0 Å². The van der Waals surface area contributed by atoms with E-state index in [0.717, 1.165) is 70.1 Å². The van der Waals surface area contributed by atoms with Crippen molar-refractivity contribution in [3.05, 3.63) is 34.9 Å². The highest BCUT2D eigenvalue weighted by molar-refractivity contribution is 7.99. The number of nitrogens with one attached hydrogen (secondary N) is 2. The summed E-state index contributed by atoms with van der Waals surface area (Å²) in [6, 6.07) is -0.207. The standard InChI is InChI=1S/C35H61N3O2S/c1-29(2)16-14-17-30(3)18-15-19-31(4)23-27-41-28-33(35(40)36-32-20-8-5-6-9-21-32)37-34(39)22-10-7-11-24-38-25-12-13-26-38/h16,18,23,32-33H,5-15,17,19-22,24-28H2,1-4H3,(H,36,40)(H,37,39)/b30-18+,31-23+/t33-/m0/s1. The van der Waals surface area contributed by atoms with E-state index in [1.165, 1.54) is 68.3 Å². The molecule has 5 nitrogen and oxygen atoms in total. The summed E-state index contributed by atoms with van der Waals surface area (Å²) in [5.41, 5.74) is 4.25. The summed E-state index contributed by atoms with van der Waals surface area (Å²) in [6.07, 6.45) is 24.7. The Hall–Kier alpha value is -1.53. The summed E-state index contributed by atoms with van der Waals surface area (Å²) in [4.78, 5) is 28.6. The number of nitrogens with zero attached hydrogens (tertiary/aromatic N) is 1. The molecule has 0 aromatic carbocycles. The largest absolute Gasteiger partial charge is 0.352 e. The Bertz CT molecular complexity index is 832. The third-order valence-electron chi connectivity index (χ3n) is 8.39. The molecule has 2 amide bonds. The van der Waals surface area contributed by atoms with Crippen LogP contribution in [0.4, 0.5) is 0 Å². The molecule has 0 aromatic rings. The van der Waals surface area contributed by atoms with Crippen LogP contribution in [0.5, 0.6) is 0 Å². The molecule has 1 heterocycles. The second-order valence-electron chi connectivity index (χ2n) is 12.7. The van der Waals surface area contributed by atoms with Gasteiger partial charge in [-0.2, -0.15) is 11.8 Å². The van der Waals surface area contributed by atoms with Gasteiger partial charge in [0.15, 0.2) is 0 Å². The minimum atomic E-state index is -0.458. The summed E-state index contributed by atoms with van der Waals surface area (Å²) < 4.78 is 0. The summed E-state index contributed by atoms with van der Waals surface area (Å²) in [7, 11) is 0. The molecule has 1 aliphatic heterocycles. The van der Waals surface area contributed by atoms with Crippen molar-refractivity contribution >= 4 is 23.6 Å². The van der Waals surface area contributed by atoms with E-state index in [2.05, 4.69) is 61.5 Å². The van der Waals surface area contributed by atoms with Gasteiger partial charge in [-0.1, -0.05) is 67.1 Å². The average molecular weight is 588 g/mol. The third kappa shape index (κ3) is 17.9. The van der Waals surface area contributed by atoms with Gasteiger partial charge in [-0.15, -0.1) is 0 Å². The Balaban J connectivity index is 1.76. The number of carbonyl (C=O) groups excluding carboxylic acids is 2. The fourth-order valence-electron chi connectivity index (χ4n) is 5.70. The first-order chi connectivity index (χ1) is 19.8. The van der Waals surface area contributed by atoms with Gasteiger partial charge in [-0.05, 0) is 112 Å². The van der Waals surface area contributed by atoms with Crippen molar-refractivity contribution in [2.75, 3.05) is 31.1 Å². The fourth-order valence-corrected chi connectivity index (χ4v) is 6.71. The number of hydrogen-bond donors (Lipinski definition) is 2. The van der Waals surface area contributed by atoms with Crippen molar-refractivity contribution in [1.29, 1.82) is 0 Å². The van der Waals surface area contributed by atoms with E-state index in [9.17, 15) is 9.59 Å². The molecule has 234 valence electrons.